The number of aromatic nitrogens is 2. The maximum absolute atomic E-state index is 12.8. The number of amides is 2. The first-order chi connectivity index (χ1) is 12.4. The minimum Gasteiger partial charge on any atom is -0.357 e. The Morgan fingerprint density at radius 1 is 1.19 bits per heavy atom. The summed E-state index contributed by atoms with van der Waals surface area (Å²) < 4.78 is 1.69. The molecule has 2 heterocycles. The van der Waals surface area contributed by atoms with Gasteiger partial charge in [0.25, 0.3) is 5.91 Å². The number of carbonyl (C=O) groups is 2. The van der Waals surface area contributed by atoms with Crippen molar-refractivity contribution in [3.63, 3.8) is 0 Å². The van der Waals surface area contributed by atoms with Crippen molar-refractivity contribution in [3.8, 4) is 0 Å². The van der Waals surface area contributed by atoms with E-state index in [0.29, 0.717) is 37.3 Å². The summed E-state index contributed by atoms with van der Waals surface area (Å²) in [6.07, 6.45) is 2.89. The van der Waals surface area contributed by atoms with Crippen molar-refractivity contribution in [2.45, 2.75) is 25.3 Å². The second-order valence-electron chi connectivity index (χ2n) is 6.82. The van der Waals surface area contributed by atoms with E-state index in [4.69, 9.17) is 0 Å². The number of rotatable bonds is 4. The Morgan fingerprint density at radius 3 is 2.50 bits per heavy atom. The molecule has 1 aromatic carbocycles. The van der Waals surface area contributed by atoms with Crippen LogP contribution in [0.3, 0.4) is 0 Å². The molecule has 7 nitrogen and oxygen atoms in total. The van der Waals surface area contributed by atoms with Gasteiger partial charge in [-0.3, -0.25) is 14.3 Å². The summed E-state index contributed by atoms with van der Waals surface area (Å²) >= 11 is 0. The van der Waals surface area contributed by atoms with Crippen LogP contribution in [0.15, 0.2) is 36.5 Å². The number of aryl methyl sites for hydroxylation is 2. The van der Waals surface area contributed by atoms with Gasteiger partial charge in [-0.15, -0.1) is 0 Å². The van der Waals surface area contributed by atoms with E-state index in [1.54, 1.807) is 11.7 Å². The third kappa shape index (κ3) is 3.56. The molecule has 0 atom stereocenters. The van der Waals surface area contributed by atoms with E-state index < -0.39 is 5.54 Å². The Morgan fingerprint density at radius 2 is 1.92 bits per heavy atom. The number of anilines is 1. The standard InChI is InChI=1S/C19H25N5O2/c1-14-5-4-6-15(13-14)17(25)24-11-8-19(9-12-24,18(26)20-2)21-16-7-10-23(3)22-16/h4-7,10,13H,8-9,11-12H2,1-3H3,(H,20,26)(H,21,22). The highest BCUT2D eigenvalue weighted by atomic mass is 16.2. The average Bonchev–Trinajstić information content (AvgIpc) is 3.05. The van der Waals surface area contributed by atoms with E-state index in [2.05, 4.69) is 15.7 Å². The van der Waals surface area contributed by atoms with Gasteiger partial charge in [0.15, 0.2) is 0 Å². The molecule has 138 valence electrons. The maximum atomic E-state index is 12.8. The van der Waals surface area contributed by atoms with Crippen molar-refractivity contribution in [3.05, 3.63) is 47.7 Å². The first kappa shape index (κ1) is 18.0. The zero-order chi connectivity index (χ0) is 18.7. The number of benzene rings is 1. The fourth-order valence-corrected chi connectivity index (χ4v) is 3.43. The summed E-state index contributed by atoms with van der Waals surface area (Å²) in [5, 5.41) is 10.4. The molecule has 0 radical (unpaired) electrons. The Kier molecular flexibility index (Phi) is 4.97. The molecule has 7 heteroatoms. The fraction of sp³-hybridized carbons (Fsp3) is 0.421. The van der Waals surface area contributed by atoms with E-state index in [0.717, 1.165) is 5.56 Å². The summed E-state index contributed by atoms with van der Waals surface area (Å²) in [7, 11) is 3.47. The van der Waals surface area contributed by atoms with Crippen molar-refractivity contribution in [2.24, 2.45) is 7.05 Å². The van der Waals surface area contributed by atoms with Crippen LogP contribution in [0.2, 0.25) is 0 Å². The fourth-order valence-electron chi connectivity index (χ4n) is 3.43. The number of carbonyl (C=O) groups excluding carboxylic acids is 2. The molecule has 0 spiro atoms. The molecule has 1 saturated heterocycles. The molecule has 2 aromatic rings. The van der Waals surface area contributed by atoms with Gasteiger partial charge < -0.3 is 15.5 Å². The molecule has 2 N–H and O–H groups in total. The molecule has 0 bridgehead atoms. The molecule has 1 fully saturated rings. The lowest BCUT2D eigenvalue weighted by Crippen LogP contribution is -2.58. The molecule has 26 heavy (non-hydrogen) atoms. The maximum Gasteiger partial charge on any atom is 0.253 e. The number of likely N-dealkylation sites (tertiary alicyclic amines) is 1. The molecular weight excluding hydrogens is 330 g/mol. The van der Waals surface area contributed by atoms with Gasteiger partial charge in [0, 0.05) is 45.0 Å². The summed E-state index contributed by atoms with van der Waals surface area (Å²) in [5.74, 6) is 0.595. The Bertz CT molecular complexity index is 806. The van der Waals surface area contributed by atoms with Crippen LogP contribution in [0.4, 0.5) is 5.82 Å². The van der Waals surface area contributed by atoms with E-state index in [1.165, 1.54) is 0 Å². The number of nitrogens with one attached hydrogen (secondary N) is 2. The smallest absolute Gasteiger partial charge is 0.253 e. The summed E-state index contributed by atoms with van der Waals surface area (Å²) in [6, 6.07) is 9.44. The summed E-state index contributed by atoms with van der Waals surface area (Å²) in [5.41, 5.74) is 0.992. The number of hydrogen-bond donors (Lipinski definition) is 2. The predicted molar refractivity (Wildman–Crippen MR) is 99.9 cm³/mol. The van der Waals surface area contributed by atoms with Crippen LogP contribution in [-0.2, 0) is 11.8 Å². The molecule has 0 saturated carbocycles. The third-order valence-electron chi connectivity index (χ3n) is 4.91. The van der Waals surface area contributed by atoms with Crippen molar-refractivity contribution < 1.29 is 9.59 Å². The summed E-state index contributed by atoms with van der Waals surface area (Å²) in [6.45, 7) is 3.00. The van der Waals surface area contributed by atoms with Crippen LogP contribution in [0, 0.1) is 6.92 Å². The Balaban J connectivity index is 1.74. The SMILES string of the molecule is CNC(=O)C1(Nc2ccn(C)n2)CCN(C(=O)c2cccc(C)c2)CC1. The largest absolute Gasteiger partial charge is 0.357 e. The van der Waals surface area contributed by atoms with Crippen molar-refractivity contribution >= 4 is 17.6 Å². The Labute approximate surface area is 153 Å². The van der Waals surface area contributed by atoms with Gasteiger partial charge in [0.1, 0.15) is 11.4 Å². The van der Waals surface area contributed by atoms with Crippen LogP contribution in [0.25, 0.3) is 0 Å². The minimum absolute atomic E-state index is 0.0112. The molecule has 0 unspecified atom stereocenters. The molecule has 0 aliphatic carbocycles. The predicted octanol–water partition coefficient (Wildman–Crippen LogP) is 1.56. The van der Waals surface area contributed by atoms with Gasteiger partial charge in [-0.25, -0.2) is 0 Å². The average molecular weight is 355 g/mol. The molecule has 1 aliphatic rings. The number of piperidine rings is 1. The number of hydrogen-bond acceptors (Lipinski definition) is 4. The normalized spacial score (nSPS) is 16.2. The number of nitrogens with zero attached hydrogens (tertiary/aromatic N) is 3. The lowest BCUT2D eigenvalue weighted by Gasteiger charge is -2.41. The van der Waals surface area contributed by atoms with Gasteiger partial charge in [-0.1, -0.05) is 17.7 Å². The zero-order valence-corrected chi connectivity index (χ0v) is 15.5. The first-order valence-electron chi connectivity index (χ1n) is 8.79. The van der Waals surface area contributed by atoms with Crippen molar-refractivity contribution in [1.82, 2.24) is 20.0 Å². The molecule has 1 aromatic heterocycles. The van der Waals surface area contributed by atoms with Gasteiger partial charge in [-0.05, 0) is 31.9 Å². The van der Waals surface area contributed by atoms with Gasteiger partial charge in [0.2, 0.25) is 5.91 Å². The monoisotopic (exact) mass is 355 g/mol. The second kappa shape index (κ2) is 7.19. The quantitative estimate of drug-likeness (QED) is 0.872. The van der Waals surface area contributed by atoms with E-state index in [9.17, 15) is 9.59 Å². The third-order valence-corrected chi connectivity index (χ3v) is 4.91. The van der Waals surface area contributed by atoms with Crippen LogP contribution in [-0.4, -0.2) is 52.2 Å². The van der Waals surface area contributed by atoms with E-state index in [-0.39, 0.29) is 11.8 Å². The van der Waals surface area contributed by atoms with Crippen molar-refractivity contribution in [1.29, 1.82) is 0 Å². The first-order valence-corrected chi connectivity index (χ1v) is 8.79. The highest BCUT2D eigenvalue weighted by molar-refractivity contribution is 5.95. The van der Waals surface area contributed by atoms with Crippen LogP contribution >= 0.6 is 0 Å². The Hall–Kier alpha value is -2.83. The van der Waals surface area contributed by atoms with Gasteiger partial charge in [-0.2, -0.15) is 5.10 Å². The highest BCUT2D eigenvalue weighted by Gasteiger charge is 2.42. The lowest BCUT2D eigenvalue weighted by atomic mass is 9.86. The minimum atomic E-state index is -0.757. The second-order valence-corrected chi connectivity index (χ2v) is 6.82. The van der Waals surface area contributed by atoms with E-state index >= 15 is 0 Å². The molecule has 2 amide bonds. The van der Waals surface area contributed by atoms with Gasteiger partial charge in [0.05, 0.1) is 0 Å². The van der Waals surface area contributed by atoms with Crippen LogP contribution < -0.4 is 10.6 Å². The van der Waals surface area contributed by atoms with Crippen molar-refractivity contribution in [2.75, 3.05) is 25.5 Å². The van der Waals surface area contributed by atoms with Gasteiger partial charge >= 0.3 is 0 Å². The topological polar surface area (TPSA) is 79.3 Å². The van der Waals surface area contributed by atoms with Crippen LogP contribution in [0.5, 0.6) is 0 Å². The number of likely N-dealkylation sites (N-methyl/N-ethyl adjacent to an activating group) is 1. The van der Waals surface area contributed by atoms with E-state index in [1.807, 2.05) is 55.4 Å². The molecule has 1 aliphatic heterocycles. The molecule has 3 rings (SSSR count). The zero-order valence-electron chi connectivity index (χ0n) is 15.5. The summed E-state index contributed by atoms with van der Waals surface area (Å²) in [4.78, 5) is 27.1. The molecular formula is C19H25N5O2. The lowest BCUT2D eigenvalue weighted by molar-refractivity contribution is -0.126. The van der Waals surface area contributed by atoms with Crippen LogP contribution in [0.1, 0.15) is 28.8 Å². The highest BCUT2D eigenvalue weighted by Crippen LogP contribution is 2.28.